The molecule has 0 aromatic carbocycles. The molecule has 0 spiro atoms. The smallest absolute Gasteiger partial charge is 0.0326 e. The fraction of sp³-hybridized carbons (Fsp3) is 0.571. The Morgan fingerprint density at radius 3 is 3.18 bits per heavy atom. The lowest BCUT2D eigenvalue weighted by Gasteiger charge is -2.17. The second kappa shape index (κ2) is 4.41. The van der Waals surface area contributed by atoms with E-state index in [0.29, 0.717) is 0 Å². The highest BCUT2D eigenvalue weighted by Crippen LogP contribution is 2.19. The van der Waals surface area contributed by atoms with Crippen molar-refractivity contribution >= 4 is 18.0 Å². The van der Waals surface area contributed by atoms with Crippen LogP contribution in [0.5, 0.6) is 0 Å². The van der Waals surface area contributed by atoms with E-state index < -0.39 is 0 Å². The molecule has 0 saturated heterocycles. The van der Waals surface area contributed by atoms with Crippen molar-refractivity contribution in [1.82, 2.24) is 5.32 Å². The maximum atomic E-state index is 6.86. The van der Waals surface area contributed by atoms with Crippen LogP contribution in [0.2, 0.25) is 0 Å². The minimum absolute atomic E-state index is 0.734. The lowest BCUT2D eigenvalue weighted by atomic mass is 10.2. The lowest BCUT2D eigenvalue weighted by Crippen LogP contribution is -2.26. The topological polar surface area (TPSA) is 61.9 Å². The molecule has 1 aliphatic rings. The number of nitrogens with one attached hydrogen (secondary N) is 2. The summed E-state index contributed by atoms with van der Waals surface area (Å²) in [5, 5.41) is 10.1. The normalized spacial score (nSPS) is 18.5. The van der Waals surface area contributed by atoms with Gasteiger partial charge < -0.3 is 16.5 Å². The van der Waals surface area contributed by atoms with Crippen molar-refractivity contribution in [2.75, 3.05) is 18.8 Å². The molecule has 0 atom stereocenters. The van der Waals surface area contributed by atoms with Crippen LogP contribution in [0.4, 0.5) is 0 Å². The Morgan fingerprint density at radius 1 is 1.73 bits per heavy atom. The van der Waals surface area contributed by atoms with Crippen LogP contribution < -0.4 is 11.1 Å². The summed E-state index contributed by atoms with van der Waals surface area (Å²) >= 11 is 1.65. The van der Waals surface area contributed by atoms with Crippen LogP contribution in [0.1, 0.15) is 6.42 Å². The van der Waals surface area contributed by atoms with Crippen molar-refractivity contribution in [2.45, 2.75) is 6.42 Å². The molecule has 0 aromatic rings. The molecular weight excluding hydrogens is 158 g/mol. The molecule has 1 heterocycles. The van der Waals surface area contributed by atoms with Gasteiger partial charge in [0.1, 0.15) is 0 Å². The molecule has 62 valence electrons. The first-order valence-electron chi connectivity index (χ1n) is 3.64. The van der Waals surface area contributed by atoms with E-state index in [0.717, 1.165) is 31.0 Å². The highest BCUT2D eigenvalue weighted by molar-refractivity contribution is 8.03. The van der Waals surface area contributed by atoms with E-state index in [-0.39, 0.29) is 0 Å². The van der Waals surface area contributed by atoms with E-state index in [1.54, 1.807) is 11.8 Å². The van der Waals surface area contributed by atoms with Crippen LogP contribution >= 0.6 is 11.8 Å². The second-order valence-electron chi connectivity index (χ2n) is 2.39. The molecule has 0 bridgehead atoms. The summed E-state index contributed by atoms with van der Waals surface area (Å²) < 4.78 is 0. The first kappa shape index (κ1) is 8.62. The number of hydrogen-bond donors (Lipinski definition) is 3. The monoisotopic (exact) mass is 171 g/mol. The van der Waals surface area contributed by atoms with Crippen molar-refractivity contribution in [3.8, 4) is 0 Å². The predicted octanol–water partition coefficient (Wildman–Crippen LogP) is 0.533. The minimum Gasteiger partial charge on any atom is -0.401 e. The third kappa shape index (κ3) is 2.55. The van der Waals surface area contributed by atoms with Crippen molar-refractivity contribution in [2.24, 2.45) is 5.73 Å². The largest absolute Gasteiger partial charge is 0.401 e. The Morgan fingerprint density at radius 2 is 2.55 bits per heavy atom. The average molecular weight is 171 g/mol. The third-order valence-electron chi connectivity index (χ3n) is 1.56. The van der Waals surface area contributed by atoms with Gasteiger partial charge in [-0.1, -0.05) is 0 Å². The fourth-order valence-corrected chi connectivity index (χ4v) is 1.74. The molecular formula is C7H13N3S. The molecule has 3 nitrogen and oxygen atoms in total. The molecule has 0 aromatic heterocycles. The Kier molecular flexibility index (Phi) is 3.45. The van der Waals surface area contributed by atoms with Gasteiger partial charge in [-0.3, -0.25) is 0 Å². The highest BCUT2D eigenvalue weighted by atomic mass is 32.2. The van der Waals surface area contributed by atoms with E-state index >= 15 is 0 Å². The average Bonchev–Trinajstić information content (AvgIpc) is 2.03. The van der Waals surface area contributed by atoms with Crippen LogP contribution in [-0.2, 0) is 0 Å². The van der Waals surface area contributed by atoms with Crippen LogP contribution in [0.3, 0.4) is 0 Å². The van der Waals surface area contributed by atoms with Gasteiger partial charge in [-0.05, 0) is 0 Å². The van der Waals surface area contributed by atoms with Gasteiger partial charge in [-0.2, -0.15) is 0 Å². The van der Waals surface area contributed by atoms with Gasteiger partial charge >= 0.3 is 0 Å². The zero-order valence-electron chi connectivity index (χ0n) is 6.39. The Labute approximate surface area is 70.9 Å². The van der Waals surface area contributed by atoms with Crippen molar-refractivity contribution in [3.05, 3.63) is 10.6 Å². The van der Waals surface area contributed by atoms with Crippen LogP contribution in [0, 0.1) is 5.41 Å². The molecule has 11 heavy (non-hydrogen) atoms. The van der Waals surface area contributed by atoms with Crippen LogP contribution in [-0.4, -0.2) is 25.1 Å². The van der Waals surface area contributed by atoms with Crippen molar-refractivity contribution < 1.29 is 0 Å². The summed E-state index contributed by atoms with van der Waals surface area (Å²) in [6, 6.07) is 0. The van der Waals surface area contributed by atoms with E-state index in [1.807, 2.05) is 0 Å². The van der Waals surface area contributed by atoms with Crippen LogP contribution in [0.25, 0.3) is 0 Å². The summed E-state index contributed by atoms with van der Waals surface area (Å²) in [4.78, 5) is 1.21. The van der Waals surface area contributed by atoms with E-state index in [4.69, 9.17) is 11.1 Å². The zero-order valence-corrected chi connectivity index (χ0v) is 7.21. The number of thioether (sulfide) groups is 1. The quantitative estimate of drug-likeness (QED) is 0.543. The van der Waals surface area contributed by atoms with Crippen molar-refractivity contribution in [1.29, 1.82) is 5.41 Å². The first-order valence-corrected chi connectivity index (χ1v) is 4.63. The first-order chi connectivity index (χ1) is 5.34. The van der Waals surface area contributed by atoms with Gasteiger partial charge in [0.2, 0.25) is 0 Å². The summed E-state index contributed by atoms with van der Waals surface area (Å²) in [5.74, 6) is 0.734. The molecule has 0 radical (unpaired) electrons. The van der Waals surface area contributed by atoms with Crippen LogP contribution in [0.15, 0.2) is 10.6 Å². The molecule has 0 unspecified atom stereocenters. The Hall–Kier alpha value is -0.480. The maximum Gasteiger partial charge on any atom is 0.0326 e. The number of nitrogens with two attached hydrogens (primary N) is 1. The molecule has 0 fully saturated rings. The summed E-state index contributed by atoms with van der Waals surface area (Å²) in [6.07, 6.45) is 2.35. The lowest BCUT2D eigenvalue weighted by molar-refractivity contribution is 0.692. The minimum atomic E-state index is 0.734. The molecule has 1 rings (SSSR count). The van der Waals surface area contributed by atoms with Gasteiger partial charge in [0, 0.05) is 42.1 Å². The second-order valence-corrected chi connectivity index (χ2v) is 3.51. The van der Waals surface area contributed by atoms with Gasteiger partial charge in [0.15, 0.2) is 0 Å². The SMILES string of the molecule is N=CCSC1=C(N)CCNC1. The number of rotatable bonds is 3. The van der Waals surface area contributed by atoms with Gasteiger partial charge in [-0.25, -0.2) is 0 Å². The zero-order chi connectivity index (χ0) is 8.10. The van der Waals surface area contributed by atoms with Gasteiger partial charge in [-0.15, -0.1) is 11.8 Å². The molecule has 4 heteroatoms. The highest BCUT2D eigenvalue weighted by Gasteiger charge is 2.08. The van der Waals surface area contributed by atoms with Crippen molar-refractivity contribution in [3.63, 3.8) is 0 Å². The van der Waals surface area contributed by atoms with E-state index in [1.165, 1.54) is 11.1 Å². The molecule has 4 N–H and O–H groups in total. The van der Waals surface area contributed by atoms with E-state index in [2.05, 4.69) is 5.32 Å². The Bertz CT molecular complexity index is 177. The summed E-state index contributed by atoms with van der Waals surface area (Å²) in [6.45, 7) is 1.87. The predicted molar refractivity (Wildman–Crippen MR) is 49.9 cm³/mol. The Balaban J connectivity index is 2.45. The maximum absolute atomic E-state index is 6.86. The fourth-order valence-electron chi connectivity index (χ4n) is 0.964. The molecule has 0 aliphatic carbocycles. The van der Waals surface area contributed by atoms with E-state index in [9.17, 15) is 0 Å². The molecule has 0 saturated carbocycles. The summed E-state index contributed by atoms with van der Waals surface area (Å²) in [7, 11) is 0. The standard InChI is InChI=1S/C7H13N3S/c8-2-4-11-7-5-10-3-1-6(7)9/h2,8,10H,1,3-5,9H2. The third-order valence-corrected chi connectivity index (χ3v) is 2.64. The molecule has 0 amide bonds. The molecule has 1 aliphatic heterocycles. The van der Waals surface area contributed by atoms with Gasteiger partial charge in [0.05, 0.1) is 0 Å². The number of hydrogen-bond acceptors (Lipinski definition) is 4. The van der Waals surface area contributed by atoms with Gasteiger partial charge in [0.25, 0.3) is 0 Å². The summed E-state index contributed by atoms with van der Waals surface area (Å²) in [5.41, 5.74) is 6.76.